The van der Waals surface area contributed by atoms with Gasteiger partial charge in [0.15, 0.2) is 0 Å². The molecule has 2 nitrogen and oxygen atoms in total. The van der Waals surface area contributed by atoms with Crippen LogP contribution in [0.3, 0.4) is 0 Å². The topological polar surface area (TPSA) is 26.3 Å². The minimum absolute atomic E-state index is 0.346. The molecule has 1 atom stereocenters. The third kappa shape index (κ3) is 2.59. The fourth-order valence-electron chi connectivity index (χ4n) is 1.53. The Morgan fingerprint density at radius 2 is 2.00 bits per heavy atom. The molecule has 0 aromatic heterocycles. The van der Waals surface area contributed by atoms with Crippen molar-refractivity contribution < 1.29 is 9.53 Å². The van der Waals surface area contributed by atoms with E-state index in [2.05, 4.69) is 6.92 Å². The van der Waals surface area contributed by atoms with Crippen LogP contribution in [0.2, 0.25) is 0 Å². The van der Waals surface area contributed by atoms with Crippen LogP contribution in [0.25, 0.3) is 0 Å². The molecule has 0 N–H and O–H groups in total. The molecule has 0 fully saturated rings. The van der Waals surface area contributed by atoms with E-state index >= 15 is 0 Å². The van der Waals surface area contributed by atoms with Crippen molar-refractivity contribution >= 4 is 6.29 Å². The van der Waals surface area contributed by atoms with Gasteiger partial charge < -0.3 is 9.53 Å². The third-order valence-electron chi connectivity index (χ3n) is 2.46. The molecule has 76 valence electrons. The molecule has 0 spiro atoms. The van der Waals surface area contributed by atoms with Crippen LogP contribution < -0.4 is 4.74 Å². The quantitative estimate of drug-likeness (QED) is 0.670. The third-order valence-corrected chi connectivity index (χ3v) is 2.46. The summed E-state index contributed by atoms with van der Waals surface area (Å²) in [6.45, 7) is 2.10. The lowest BCUT2D eigenvalue weighted by Gasteiger charge is -2.12. The molecule has 0 bridgehead atoms. The Hall–Kier alpha value is -1.31. The number of aldehydes is 1. The Morgan fingerprint density at radius 3 is 2.43 bits per heavy atom. The molecule has 0 saturated heterocycles. The van der Waals surface area contributed by atoms with E-state index in [9.17, 15) is 4.79 Å². The van der Waals surface area contributed by atoms with Crippen LogP contribution in [0.15, 0.2) is 24.3 Å². The zero-order valence-corrected chi connectivity index (χ0v) is 8.69. The summed E-state index contributed by atoms with van der Waals surface area (Å²) in [6, 6.07) is 7.92. The van der Waals surface area contributed by atoms with E-state index < -0.39 is 0 Å². The molecule has 2 heteroatoms. The number of benzene rings is 1. The molecule has 0 aliphatic carbocycles. The van der Waals surface area contributed by atoms with Crippen molar-refractivity contribution in [2.45, 2.75) is 25.7 Å². The Labute approximate surface area is 84.9 Å². The predicted molar refractivity (Wildman–Crippen MR) is 56.7 cm³/mol. The van der Waals surface area contributed by atoms with Gasteiger partial charge >= 0.3 is 0 Å². The van der Waals surface area contributed by atoms with Crippen molar-refractivity contribution in [3.05, 3.63) is 29.8 Å². The molecule has 1 rings (SSSR count). The van der Waals surface area contributed by atoms with Gasteiger partial charge in [0.05, 0.1) is 7.11 Å². The highest BCUT2D eigenvalue weighted by Crippen LogP contribution is 2.24. The molecule has 0 aliphatic rings. The summed E-state index contributed by atoms with van der Waals surface area (Å²) < 4.78 is 5.07. The Bertz CT molecular complexity index is 277. The number of carbonyl (C=O) groups is 1. The monoisotopic (exact) mass is 192 g/mol. The normalized spacial score (nSPS) is 12.1. The first kappa shape index (κ1) is 10.8. The lowest BCUT2D eigenvalue weighted by atomic mass is 9.94. The molecular weight excluding hydrogens is 176 g/mol. The first-order valence-corrected chi connectivity index (χ1v) is 4.89. The van der Waals surface area contributed by atoms with E-state index in [-0.39, 0.29) is 0 Å². The average Bonchev–Trinajstić information content (AvgIpc) is 2.26. The molecule has 0 aliphatic heterocycles. The van der Waals surface area contributed by atoms with Crippen LogP contribution >= 0.6 is 0 Å². The van der Waals surface area contributed by atoms with Gasteiger partial charge in [0.2, 0.25) is 0 Å². The number of hydrogen-bond acceptors (Lipinski definition) is 2. The molecular formula is C12H16O2. The van der Waals surface area contributed by atoms with E-state index in [0.29, 0.717) is 12.3 Å². The lowest BCUT2D eigenvalue weighted by molar-refractivity contribution is -0.108. The first-order valence-electron chi connectivity index (χ1n) is 4.89. The van der Waals surface area contributed by atoms with Gasteiger partial charge in [0.25, 0.3) is 0 Å². The van der Waals surface area contributed by atoms with Gasteiger partial charge in [-0.05, 0) is 30.0 Å². The number of carbonyl (C=O) groups excluding carboxylic acids is 1. The summed E-state index contributed by atoms with van der Waals surface area (Å²) in [5.74, 6) is 1.20. The second-order valence-corrected chi connectivity index (χ2v) is 3.28. The number of methoxy groups -OCH3 is 1. The lowest BCUT2D eigenvalue weighted by Crippen LogP contribution is -1.97. The van der Waals surface area contributed by atoms with E-state index in [0.717, 1.165) is 18.5 Å². The minimum atomic E-state index is 0.346. The maximum Gasteiger partial charge on any atom is 0.120 e. The van der Waals surface area contributed by atoms with Crippen molar-refractivity contribution in [2.75, 3.05) is 7.11 Å². The number of ether oxygens (including phenoxy) is 1. The van der Waals surface area contributed by atoms with Crippen molar-refractivity contribution in [1.82, 2.24) is 0 Å². The SMILES string of the molecule is CCC(CC=O)c1ccc(OC)cc1. The van der Waals surface area contributed by atoms with Crippen LogP contribution in [0.1, 0.15) is 31.2 Å². The molecule has 0 radical (unpaired) electrons. The fraction of sp³-hybridized carbons (Fsp3) is 0.417. The molecule has 0 amide bonds. The van der Waals surface area contributed by atoms with Crippen LogP contribution in [0, 0.1) is 0 Å². The predicted octanol–water partition coefficient (Wildman–Crippen LogP) is 2.78. The van der Waals surface area contributed by atoms with Crippen LogP contribution in [-0.2, 0) is 4.79 Å². The highest BCUT2D eigenvalue weighted by atomic mass is 16.5. The fourth-order valence-corrected chi connectivity index (χ4v) is 1.53. The Kier molecular flexibility index (Phi) is 4.17. The smallest absolute Gasteiger partial charge is 0.120 e. The molecule has 0 heterocycles. The summed E-state index contributed by atoms with van der Waals surface area (Å²) in [4.78, 5) is 10.4. The zero-order chi connectivity index (χ0) is 10.4. The van der Waals surface area contributed by atoms with Crippen LogP contribution in [0.5, 0.6) is 5.75 Å². The second-order valence-electron chi connectivity index (χ2n) is 3.28. The number of hydrogen-bond donors (Lipinski definition) is 0. The van der Waals surface area contributed by atoms with Crippen molar-refractivity contribution in [2.24, 2.45) is 0 Å². The number of rotatable bonds is 5. The van der Waals surface area contributed by atoms with E-state index in [1.807, 2.05) is 24.3 Å². The molecule has 1 unspecified atom stereocenters. The van der Waals surface area contributed by atoms with Gasteiger partial charge in [-0.2, -0.15) is 0 Å². The van der Waals surface area contributed by atoms with Gasteiger partial charge in [-0.1, -0.05) is 19.1 Å². The summed E-state index contributed by atoms with van der Waals surface area (Å²) in [7, 11) is 1.65. The summed E-state index contributed by atoms with van der Waals surface area (Å²) >= 11 is 0. The molecule has 14 heavy (non-hydrogen) atoms. The highest BCUT2D eigenvalue weighted by Gasteiger charge is 2.07. The molecule has 1 aromatic rings. The van der Waals surface area contributed by atoms with Crippen molar-refractivity contribution in [3.63, 3.8) is 0 Å². The molecule has 0 saturated carbocycles. The van der Waals surface area contributed by atoms with Crippen molar-refractivity contribution in [3.8, 4) is 5.75 Å². The largest absolute Gasteiger partial charge is 0.497 e. The van der Waals surface area contributed by atoms with E-state index in [1.54, 1.807) is 7.11 Å². The van der Waals surface area contributed by atoms with Gasteiger partial charge in [-0.3, -0.25) is 0 Å². The van der Waals surface area contributed by atoms with E-state index in [1.165, 1.54) is 5.56 Å². The maximum absolute atomic E-state index is 10.4. The molecule has 1 aromatic carbocycles. The summed E-state index contributed by atoms with van der Waals surface area (Å²) in [5.41, 5.74) is 1.21. The van der Waals surface area contributed by atoms with Gasteiger partial charge in [0.1, 0.15) is 12.0 Å². The Balaban J connectivity index is 2.77. The van der Waals surface area contributed by atoms with E-state index in [4.69, 9.17) is 4.74 Å². The zero-order valence-electron chi connectivity index (χ0n) is 8.69. The Morgan fingerprint density at radius 1 is 1.36 bits per heavy atom. The van der Waals surface area contributed by atoms with Crippen molar-refractivity contribution in [1.29, 1.82) is 0 Å². The highest BCUT2D eigenvalue weighted by molar-refractivity contribution is 5.51. The second kappa shape index (κ2) is 5.43. The standard InChI is InChI=1S/C12H16O2/c1-3-10(8-9-13)11-4-6-12(14-2)7-5-11/h4-7,9-10H,3,8H2,1-2H3. The van der Waals surface area contributed by atoms with Gasteiger partial charge in [-0.15, -0.1) is 0 Å². The van der Waals surface area contributed by atoms with Gasteiger partial charge in [0, 0.05) is 6.42 Å². The maximum atomic E-state index is 10.4. The van der Waals surface area contributed by atoms with Crippen LogP contribution in [0.4, 0.5) is 0 Å². The van der Waals surface area contributed by atoms with Crippen LogP contribution in [-0.4, -0.2) is 13.4 Å². The first-order chi connectivity index (χ1) is 6.81. The average molecular weight is 192 g/mol. The summed E-state index contributed by atoms with van der Waals surface area (Å²) in [5, 5.41) is 0. The van der Waals surface area contributed by atoms with Gasteiger partial charge in [-0.25, -0.2) is 0 Å². The minimum Gasteiger partial charge on any atom is -0.497 e. The summed E-state index contributed by atoms with van der Waals surface area (Å²) in [6.07, 6.45) is 2.58.